The third-order valence-electron chi connectivity index (χ3n) is 5.69. The Balaban J connectivity index is 2.16. The van der Waals surface area contributed by atoms with Gasteiger partial charge in [-0.3, -0.25) is 14.9 Å². The molecule has 0 aromatic heterocycles. The highest BCUT2D eigenvalue weighted by Crippen LogP contribution is 2.35. The van der Waals surface area contributed by atoms with E-state index in [9.17, 15) is 19.7 Å². The van der Waals surface area contributed by atoms with Crippen LogP contribution in [-0.2, 0) is 9.53 Å². The number of nitro benzene ring substituents is 1. The number of amides is 1. The molecule has 1 amide bonds. The average Bonchev–Trinajstić information content (AvgIpc) is 2.70. The summed E-state index contributed by atoms with van der Waals surface area (Å²) in [6.45, 7) is 7.72. The van der Waals surface area contributed by atoms with Crippen LogP contribution in [0.3, 0.4) is 0 Å². The van der Waals surface area contributed by atoms with Crippen molar-refractivity contribution >= 4 is 17.6 Å². The highest BCUT2D eigenvalue weighted by atomic mass is 16.6. The molecular formula is C21H30N2O7. The first-order valence-electron chi connectivity index (χ1n) is 10.2. The van der Waals surface area contributed by atoms with Crippen molar-refractivity contribution in [3.05, 3.63) is 27.8 Å². The summed E-state index contributed by atoms with van der Waals surface area (Å²) in [5.41, 5.74) is -0.786. The highest BCUT2D eigenvalue weighted by molar-refractivity contribution is 5.96. The van der Waals surface area contributed by atoms with Crippen molar-refractivity contribution < 1.29 is 28.7 Å². The van der Waals surface area contributed by atoms with Gasteiger partial charge < -0.3 is 19.5 Å². The Morgan fingerprint density at radius 1 is 1.27 bits per heavy atom. The van der Waals surface area contributed by atoms with Crippen LogP contribution in [0, 0.1) is 22.0 Å². The van der Waals surface area contributed by atoms with E-state index in [1.807, 2.05) is 0 Å². The number of hydrogen-bond acceptors (Lipinski definition) is 7. The van der Waals surface area contributed by atoms with Crippen LogP contribution in [0.1, 0.15) is 57.3 Å². The summed E-state index contributed by atoms with van der Waals surface area (Å²) >= 11 is 0. The molecule has 166 valence electrons. The quantitative estimate of drug-likeness (QED) is 0.387. The molecule has 0 aliphatic heterocycles. The molecule has 0 heterocycles. The topological polar surface area (TPSA) is 117 Å². The predicted molar refractivity (Wildman–Crippen MR) is 110 cm³/mol. The van der Waals surface area contributed by atoms with Gasteiger partial charge in [-0.2, -0.15) is 0 Å². The molecule has 4 atom stereocenters. The standard InChI is InChI=1S/C21H30N2O7/c1-6-29-19-10-15(17(23(26)27)11-18(19)28-5)21(25)30-14(4)20(24)22-16-9-7-8-12(2)13(16)3/h10-14,16H,6-9H2,1-5H3,(H,22,24)/t12-,13-,14-,16+/m0/s1. The van der Waals surface area contributed by atoms with E-state index in [-0.39, 0.29) is 29.7 Å². The number of carbonyl (C=O) groups is 2. The molecule has 1 aromatic rings. The van der Waals surface area contributed by atoms with Crippen LogP contribution in [-0.4, -0.2) is 42.7 Å². The number of nitrogens with zero attached hydrogens (tertiary/aromatic N) is 1. The van der Waals surface area contributed by atoms with E-state index in [1.54, 1.807) is 6.92 Å². The maximum atomic E-state index is 12.6. The number of carbonyl (C=O) groups excluding carboxylic acids is 2. The molecule has 1 fully saturated rings. The van der Waals surface area contributed by atoms with Crippen molar-refractivity contribution in [3.8, 4) is 11.5 Å². The second-order valence-electron chi connectivity index (χ2n) is 7.64. The third-order valence-corrected chi connectivity index (χ3v) is 5.69. The Labute approximate surface area is 176 Å². The van der Waals surface area contributed by atoms with Crippen LogP contribution in [0.15, 0.2) is 12.1 Å². The number of ether oxygens (including phenoxy) is 3. The number of rotatable bonds is 8. The molecule has 1 aliphatic rings. The van der Waals surface area contributed by atoms with Gasteiger partial charge in [-0.1, -0.05) is 26.7 Å². The molecule has 1 N–H and O–H groups in total. The van der Waals surface area contributed by atoms with Crippen LogP contribution in [0.25, 0.3) is 0 Å². The van der Waals surface area contributed by atoms with Gasteiger partial charge in [0.15, 0.2) is 17.6 Å². The summed E-state index contributed by atoms with van der Waals surface area (Å²) in [4.78, 5) is 35.9. The lowest BCUT2D eigenvalue weighted by atomic mass is 9.78. The van der Waals surface area contributed by atoms with Crippen molar-refractivity contribution in [2.24, 2.45) is 11.8 Å². The number of nitro groups is 1. The van der Waals surface area contributed by atoms with E-state index in [2.05, 4.69) is 19.2 Å². The van der Waals surface area contributed by atoms with E-state index in [0.29, 0.717) is 11.8 Å². The van der Waals surface area contributed by atoms with Crippen molar-refractivity contribution in [2.45, 2.75) is 59.1 Å². The van der Waals surface area contributed by atoms with Crippen molar-refractivity contribution in [1.29, 1.82) is 0 Å². The smallest absolute Gasteiger partial charge is 0.346 e. The monoisotopic (exact) mass is 422 g/mol. The summed E-state index contributed by atoms with van der Waals surface area (Å²) in [6, 6.07) is 2.33. The van der Waals surface area contributed by atoms with Gasteiger partial charge >= 0.3 is 5.97 Å². The molecule has 9 nitrogen and oxygen atoms in total. The number of nitrogens with one attached hydrogen (secondary N) is 1. The Kier molecular flexibility index (Phi) is 8.02. The largest absolute Gasteiger partial charge is 0.493 e. The molecule has 0 radical (unpaired) electrons. The minimum atomic E-state index is -1.10. The van der Waals surface area contributed by atoms with Gasteiger partial charge in [0.25, 0.3) is 11.6 Å². The maximum Gasteiger partial charge on any atom is 0.346 e. The van der Waals surface area contributed by atoms with Gasteiger partial charge in [-0.05, 0) is 32.1 Å². The maximum absolute atomic E-state index is 12.6. The van der Waals surface area contributed by atoms with Gasteiger partial charge in [-0.15, -0.1) is 0 Å². The normalized spacial score (nSPS) is 22.0. The molecule has 0 bridgehead atoms. The second kappa shape index (κ2) is 10.3. The lowest BCUT2D eigenvalue weighted by Gasteiger charge is -2.35. The number of esters is 1. The van der Waals surface area contributed by atoms with E-state index in [4.69, 9.17) is 14.2 Å². The zero-order valence-corrected chi connectivity index (χ0v) is 18.1. The minimum absolute atomic E-state index is 0.0160. The molecule has 0 saturated heterocycles. The van der Waals surface area contributed by atoms with Crippen molar-refractivity contribution in [2.75, 3.05) is 13.7 Å². The van der Waals surface area contributed by atoms with E-state index in [1.165, 1.54) is 20.1 Å². The molecule has 2 rings (SSSR count). The summed E-state index contributed by atoms with van der Waals surface area (Å²) in [5.74, 6) is -0.262. The van der Waals surface area contributed by atoms with Gasteiger partial charge in [0.1, 0.15) is 5.56 Å². The van der Waals surface area contributed by atoms with Gasteiger partial charge in [0.05, 0.1) is 24.7 Å². The molecule has 1 saturated carbocycles. The molecule has 1 aromatic carbocycles. The van der Waals surface area contributed by atoms with Gasteiger partial charge in [0, 0.05) is 12.1 Å². The molecule has 0 unspecified atom stereocenters. The van der Waals surface area contributed by atoms with Crippen LogP contribution in [0.4, 0.5) is 5.69 Å². The SMILES string of the molecule is CCOc1cc(C(=O)O[C@@H](C)C(=O)N[C@@H]2CCC[C@H](C)[C@@H]2C)c([N+](=O)[O-])cc1OC. The Bertz CT molecular complexity index is 796. The number of benzene rings is 1. The van der Waals surface area contributed by atoms with E-state index >= 15 is 0 Å². The van der Waals surface area contributed by atoms with Crippen molar-refractivity contribution in [3.63, 3.8) is 0 Å². The first-order chi connectivity index (χ1) is 14.2. The molecule has 9 heteroatoms. The fourth-order valence-electron chi connectivity index (χ4n) is 3.65. The van der Waals surface area contributed by atoms with E-state index in [0.717, 1.165) is 25.3 Å². The molecule has 30 heavy (non-hydrogen) atoms. The average molecular weight is 422 g/mol. The van der Waals surface area contributed by atoms with Crippen LogP contribution < -0.4 is 14.8 Å². The van der Waals surface area contributed by atoms with Crippen LogP contribution in [0.5, 0.6) is 11.5 Å². The fourth-order valence-corrected chi connectivity index (χ4v) is 3.65. The first kappa shape index (κ1) is 23.4. The van der Waals surface area contributed by atoms with Crippen LogP contribution >= 0.6 is 0 Å². The van der Waals surface area contributed by atoms with Gasteiger partial charge in [0.2, 0.25) is 0 Å². The predicted octanol–water partition coefficient (Wildman–Crippen LogP) is 3.49. The Morgan fingerprint density at radius 3 is 2.57 bits per heavy atom. The summed E-state index contributed by atoms with van der Waals surface area (Å²) < 4.78 is 15.7. The summed E-state index contributed by atoms with van der Waals surface area (Å²) in [7, 11) is 1.35. The molecular weight excluding hydrogens is 392 g/mol. The summed E-state index contributed by atoms with van der Waals surface area (Å²) in [5, 5.41) is 14.4. The lowest BCUT2D eigenvalue weighted by Crippen LogP contribution is -2.47. The summed E-state index contributed by atoms with van der Waals surface area (Å²) in [6.07, 6.45) is 1.93. The Hall–Kier alpha value is -2.84. The zero-order chi connectivity index (χ0) is 22.4. The zero-order valence-electron chi connectivity index (χ0n) is 18.1. The molecule has 1 aliphatic carbocycles. The fraction of sp³-hybridized carbons (Fsp3) is 0.619. The van der Waals surface area contributed by atoms with Gasteiger partial charge in [-0.25, -0.2) is 4.79 Å². The van der Waals surface area contributed by atoms with Crippen molar-refractivity contribution in [1.82, 2.24) is 5.32 Å². The number of hydrogen-bond donors (Lipinski definition) is 1. The first-order valence-corrected chi connectivity index (χ1v) is 10.2. The molecule has 0 spiro atoms. The third kappa shape index (κ3) is 5.40. The van der Waals surface area contributed by atoms with Crippen LogP contribution in [0.2, 0.25) is 0 Å². The lowest BCUT2D eigenvalue weighted by molar-refractivity contribution is -0.385. The second-order valence-corrected chi connectivity index (χ2v) is 7.64. The van der Waals surface area contributed by atoms with E-state index < -0.39 is 28.6 Å². The minimum Gasteiger partial charge on any atom is -0.493 e. The Morgan fingerprint density at radius 2 is 1.97 bits per heavy atom. The number of methoxy groups -OCH3 is 1. The highest BCUT2D eigenvalue weighted by Gasteiger charge is 2.32.